The Balaban J connectivity index is 1.91. The van der Waals surface area contributed by atoms with Gasteiger partial charge in [0.25, 0.3) is 0 Å². The van der Waals surface area contributed by atoms with Crippen molar-refractivity contribution in [1.29, 1.82) is 0 Å². The largest absolute Gasteiger partial charge is 0.297 e. The maximum Gasteiger partial charge on any atom is 0.00981 e. The van der Waals surface area contributed by atoms with Crippen LogP contribution in [0.5, 0.6) is 0 Å². The van der Waals surface area contributed by atoms with Crippen LogP contribution in [0.15, 0.2) is 0 Å². The predicted molar refractivity (Wildman–Crippen MR) is 61.5 cm³/mol. The Bertz CT molecular complexity index is 139. The summed E-state index contributed by atoms with van der Waals surface area (Å²) in [5, 5.41) is 0. The van der Waals surface area contributed by atoms with Gasteiger partial charge in [0.15, 0.2) is 0 Å². The fraction of sp³-hybridized carbons (Fsp3) is 1.00. The summed E-state index contributed by atoms with van der Waals surface area (Å²) < 4.78 is 0. The molecule has 0 aromatic rings. The molecule has 14 heavy (non-hydrogen) atoms. The van der Waals surface area contributed by atoms with Gasteiger partial charge in [-0.05, 0) is 38.6 Å². The summed E-state index contributed by atoms with van der Waals surface area (Å²) in [7, 11) is 0. The van der Waals surface area contributed by atoms with Crippen molar-refractivity contribution in [2.24, 2.45) is 0 Å². The summed E-state index contributed by atoms with van der Waals surface area (Å²) in [6.07, 6.45) is 13.2. The molecule has 0 spiro atoms. The van der Waals surface area contributed by atoms with Crippen LogP contribution in [0, 0.1) is 0 Å². The van der Waals surface area contributed by atoms with Crippen molar-refractivity contribution in [3.05, 3.63) is 0 Å². The van der Waals surface area contributed by atoms with Gasteiger partial charge in [0.05, 0.1) is 0 Å². The summed E-state index contributed by atoms with van der Waals surface area (Å²) in [4.78, 5) is 2.86. The molecular weight excluding hydrogens is 170 g/mol. The van der Waals surface area contributed by atoms with Crippen LogP contribution in [0.2, 0.25) is 0 Å². The minimum absolute atomic E-state index is 0.957. The van der Waals surface area contributed by atoms with Crippen LogP contribution in [-0.2, 0) is 0 Å². The third-order valence-corrected chi connectivity index (χ3v) is 4.07. The summed E-state index contributed by atoms with van der Waals surface area (Å²) in [6.45, 7) is 3.69. The van der Waals surface area contributed by atoms with E-state index in [1.54, 1.807) is 0 Å². The zero-order valence-electron chi connectivity index (χ0n) is 9.67. The SMILES string of the molecule is CCCN(C1CCCC1)C1CCCC1. The lowest BCUT2D eigenvalue weighted by Gasteiger charge is -2.34. The highest BCUT2D eigenvalue weighted by Crippen LogP contribution is 2.31. The maximum absolute atomic E-state index is 2.86. The summed E-state index contributed by atoms with van der Waals surface area (Å²) in [6, 6.07) is 1.91. The minimum Gasteiger partial charge on any atom is -0.297 e. The number of hydrogen-bond donors (Lipinski definition) is 0. The standard InChI is InChI=1S/C13H25N/c1-2-11-14(12-7-3-4-8-12)13-9-5-6-10-13/h12-13H,2-11H2,1H3. The lowest BCUT2D eigenvalue weighted by molar-refractivity contribution is 0.137. The van der Waals surface area contributed by atoms with Gasteiger partial charge in [-0.1, -0.05) is 32.6 Å². The van der Waals surface area contributed by atoms with Crippen LogP contribution in [0.4, 0.5) is 0 Å². The van der Waals surface area contributed by atoms with Crippen molar-refractivity contribution in [3.63, 3.8) is 0 Å². The Morgan fingerprint density at radius 3 is 1.64 bits per heavy atom. The average molecular weight is 195 g/mol. The average Bonchev–Trinajstić information content (AvgIpc) is 2.87. The Morgan fingerprint density at radius 1 is 0.857 bits per heavy atom. The maximum atomic E-state index is 2.86. The molecule has 0 radical (unpaired) electrons. The lowest BCUT2D eigenvalue weighted by Crippen LogP contribution is -2.41. The number of nitrogens with zero attached hydrogens (tertiary/aromatic N) is 1. The second kappa shape index (κ2) is 5.16. The molecule has 0 atom stereocenters. The third-order valence-electron chi connectivity index (χ3n) is 4.07. The molecule has 0 aromatic carbocycles. The molecule has 1 nitrogen and oxygen atoms in total. The summed E-state index contributed by atoms with van der Waals surface area (Å²) in [5.74, 6) is 0. The highest BCUT2D eigenvalue weighted by atomic mass is 15.2. The van der Waals surface area contributed by atoms with Gasteiger partial charge in [-0.3, -0.25) is 4.90 Å². The van der Waals surface area contributed by atoms with Crippen molar-refractivity contribution in [2.75, 3.05) is 6.54 Å². The molecule has 0 saturated heterocycles. The Labute approximate surface area is 88.9 Å². The van der Waals surface area contributed by atoms with Crippen LogP contribution in [0.3, 0.4) is 0 Å². The smallest absolute Gasteiger partial charge is 0.00981 e. The molecular formula is C13H25N. The first-order valence-electron chi connectivity index (χ1n) is 6.67. The second-order valence-corrected chi connectivity index (χ2v) is 5.11. The van der Waals surface area contributed by atoms with Gasteiger partial charge in [-0.25, -0.2) is 0 Å². The van der Waals surface area contributed by atoms with E-state index < -0.39 is 0 Å². The van der Waals surface area contributed by atoms with E-state index in [0.717, 1.165) is 12.1 Å². The van der Waals surface area contributed by atoms with E-state index in [1.807, 2.05) is 0 Å². The Hall–Kier alpha value is -0.0400. The molecule has 2 rings (SSSR count). The molecule has 0 aromatic heterocycles. The first-order chi connectivity index (χ1) is 6.92. The molecule has 2 saturated carbocycles. The van der Waals surface area contributed by atoms with Crippen LogP contribution in [0.25, 0.3) is 0 Å². The van der Waals surface area contributed by atoms with Crippen LogP contribution in [-0.4, -0.2) is 23.5 Å². The number of rotatable bonds is 4. The van der Waals surface area contributed by atoms with Gasteiger partial charge < -0.3 is 0 Å². The fourth-order valence-corrected chi connectivity index (χ4v) is 3.39. The number of hydrogen-bond acceptors (Lipinski definition) is 1. The van der Waals surface area contributed by atoms with E-state index in [4.69, 9.17) is 0 Å². The topological polar surface area (TPSA) is 3.24 Å². The highest BCUT2D eigenvalue weighted by molar-refractivity contribution is 4.85. The zero-order valence-corrected chi connectivity index (χ0v) is 9.67. The molecule has 0 heterocycles. The molecule has 2 aliphatic rings. The summed E-state index contributed by atoms with van der Waals surface area (Å²) >= 11 is 0. The zero-order chi connectivity index (χ0) is 9.80. The molecule has 0 bridgehead atoms. The van der Waals surface area contributed by atoms with Gasteiger partial charge in [-0.2, -0.15) is 0 Å². The molecule has 0 N–H and O–H groups in total. The summed E-state index contributed by atoms with van der Waals surface area (Å²) in [5.41, 5.74) is 0. The normalized spacial score (nSPS) is 25.3. The molecule has 0 amide bonds. The lowest BCUT2D eigenvalue weighted by atomic mass is 10.1. The van der Waals surface area contributed by atoms with Crippen molar-refractivity contribution < 1.29 is 0 Å². The first kappa shape index (κ1) is 10.5. The molecule has 82 valence electrons. The molecule has 2 fully saturated rings. The van der Waals surface area contributed by atoms with E-state index in [0.29, 0.717) is 0 Å². The van der Waals surface area contributed by atoms with Gasteiger partial charge in [0.1, 0.15) is 0 Å². The van der Waals surface area contributed by atoms with Crippen LogP contribution >= 0.6 is 0 Å². The molecule has 0 aliphatic heterocycles. The third kappa shape index (κ3) is 2.31. The quantitative estimate of drug-likeness (QED) is 0.662. The van der Waals surface area contributed by atoms with Gasteiger partial charge >= 0.3 is 0 Å². The van der Waals surface area contributed by atoms with Crippen molar-refractivity contribution in [3.8, 4) is 0 Å². The van der Waals surface area contributed by atoms with Gasteiger partial charge in [0, 0.05) is 12.1 Å². The van der Waals surface area contributed by atoms with Crippen molar-refractivity contribution >= 4 is 0 Å². The van der Waals surface area contributed by atoms with Crippen LogP contribution in [0.1, 0.15) is 64.7 Å². The molecule has 0 unspecified atom stereocenters. The van der Waals surface area contributed by atoms with E-state index in [1.165, 1.54) is 64.3 Å². The first-order valence-corrected chi connectivity index (χ1v) is 6.67. The minimum atomic E-state index is 0.957. The van der Waals surface area contributed by atoms with Crippen molar-refractivity contribution in [1.82, 2.24) is 4.90 Å². The molecule has 2 aliphatic carbocycles. The Kier molecular flexibility index (Phi) is 3.86. The van der Waals surface area contributed by atoms with E-state index in [9.17, 15) is 0 Å². The monoisotopic (exact) mass is 195 g/mol. The highest BCUT2D eigenvalue weighted by Gasteiger charge is 2.29. The Morgan fingerprint density at radius 2 is 1.29 bits per heavy atom. The van der Waals surface area contributed by atoms with Gasteiger partial charge in [-0.15, -0.1) is 0 Å². The molecule has 1 heteroatoms. The van der Waals surface area contributed by atoms with Crippen LogP contribution < -0.4 is 0 Å². The van der Waals surface area contributed by atoms with E-state index in [2.05, 4.69) is 11.8 Å². The van der Waals surface area contributed by atoms with Gasteiger partial charge in [0.2, 0.25) is 0 Å². The predicted octanol–water partition coefficient (Wildman–Crippen LogP) is 3.58. The van der Waals surface area contributed by atoms with E-state index >= 15 is 0 Å². The van der Waals surface area contributed by atoms with Crippen molar-refractivity contribution in [2.45, 2.75) is 76.8 Å². The fourth-order valence-electron chi connectivity index (χ4n) is 3.39. The van der Waals surface area contributed by atoms with E-state index in [-0.39, 0.29) is 0 Å². The second-order valence-electron chi connectivity index (χ2n) is 5.11.